The number of hydrogen-bond acceptors (Lipinski definition) is 4. The molecule has 0 saturated heterocycles. The number of rotatable bonds is 5. The first-order chi connectivity index (χ1) is 8.09. The molecule has 4 nitrogen and oxygen atoms in total. The predicted octanol–water partition coefficient (Wildman–Crippen LogP) is 2.62. The van der Waals surface area contributed by atoms with Gasteiger partial charge in [-0.1, -0.05) is 0 Å². The summed E-state index contributed by atoms with van der Waals surface area (Å²) in [7, 11) is -3.42. The second-order valence-electron chi connectivity index (χ2n) is 3.28. The fraction of sp³-hybridized carbons (Fsp3) is 0.200. The molecule has 0 aromatic carbocycles. The van der Waals surface area contributed by atoms with Crippen LogP contribution in [0.2, 0.25) is 0 Å². The van der Waals surface area contributed by atoms with Crippen molar-refractivity contribution in [2.45, 2.75) is 10.6 Å². The molecule has 17 heavy (non-hydrogen) atoms. The minimum absolute atomic E-state index is 0.303. The molecule has 2 aromatic heterocycles. The quantitative estimate of drug-likeness (QED) is 0.913. The van der Waals surface area contributed by atoms with E-state index in [0.717, 1.165) is 5.76 Å². The SMILES string of the molecule is O=S(=O)(NCCc1ccco1)c1sccc1Br. The van der Waals surface area contributed by atoms with Crippen molar-refractivity contribution in [3.63, 3.8) is 0 Å². The van der Waals surface area contributed by atoms with Crippen LogP contribution in [0.1, 0.15) is 5.76 Å². The molecule has 2 aromatic rings. The first kappa shape index (κ1) is 12.8. The van der Waals surface area contributed by atoms with Crippen LogP contribution in [0.4, 0.5) is 0 Å². The molecule has 0 saturated carbocycles. The summed E-state index contributed by atoms with van der Waals surface area (Å²) in [5.41, 5.74) is 0. The predicted molar refractivity (Wildman–Crippen MR) is 69.6 cm³/mol. The summed E-state index contributed by atoms with van der Waals surface area (Å²) in [5, 5.41) is 1.73. The van der Waals surface area contributed by atoms with E-state index in [1.54, 1.807) is 23.8 Å². The normalized spacial score (nSPS) is 11.8. The van der Waals surface area contributed by atoms with Gasteiger partial charge >= 0.3 is 0 Å². The van der Waals surface area contributed by atoms with Crippen molar-refractivity contribution >= 4 is 37.3 Å². The summed E-state index contributed by atoms with van der Waals surface area (Å²) in [6.07, 6.45) is 2.11. The molecular weight excluding hydrogens is 326 g/mol. The van der Waals surface area contributed by atoms with Crippen LogP contribution in [0.5, 0.6) is 0 Å². The Morgan fingerprint density at radius 3 is 2.82 bits per heavy atom. The molecule has 0 atom stereocenters. The second-order valence-corrected chi connectivity index (χ2v) is 7.02. The smallest absolute Gasteiger partial charge is 0.251 e. The van der Waals surface area contributed by atoms with Crippen LogP contribution in [0, 0.1) is 0 Å². The topological polar surface area (TPSA) is 59.3 Å². The Kier molecular flexibility index (Phi) is 4.03. The molecule has 2 rings (SSSR count). The van der Waals surface area contributed by atoms with Gasteiger partial charge < -0.3 is 4.42 Å². The fourth-order valence-corrected chi connectivity index (χ4v) is 4.71. The van der Waals surface area contributed by atoms with Crippen LogP contribution in [0.3, 0.4) is 0 Å². The van der Waals surface area contributed by atoms with E-state index in [2.05, 4.69) is 20.7 Å². The number of nitrogens with one attached hydrogen (secondary N) is 1. The van der Waals surface area contributed by atoms with E-state index in [-0.39, 0.29) is 0 Å². The van der Waals surface area contributed by atoms with Crippen molar-refractivity contribution in [3.8, 4) is 0 Å². The number of thiophene rings is 1. The molecule has 0 radical (unpaired) electrons. The summed E-state index contributed by atoms with van der Waals surface area (Å²) in [6, 6.07) is 5.31. The van der Waals surface area contributed by atoms with E-state index in [0.29, 0.717) is 21.6 Å². The Hall–Kier alpha value is -0.630. The molecule has 0 unspecified atom stereocenters. The lowest BCUT2D eigenvalue weighted by molar-refractivity contribution is 0.506. The average Bonchev–Trinajstić information content (AvgIpc) is 2.88. The van der Waals surface area contributed by atoms with E-state index in [1.807, 2.05) is 6.07 Å². The number of sulfonamides is 1. The van der Waals surface area contributed by atoms with Crippen molar-refractivity contribution in [1.29, 1.82) is 0 Å². The van der Waals surface area contributed by atoms with Gasteiger partial charge in [0.1, 0.15) is 9.97 Å². The minimum atomic E-state index is -3.42. The zero-order chi connectivity index (χ0) is 12.3. The maximum Gasteiger partial charge on any atom is 0.251 e. The zero-order valence-corrected chi connectivity index (χ0v) is 11.9. The Balaban J connectivity index is 1.97. The van der Waals surface area contributed by atoms with E-state index in [4.69, 9.17) is 4.42 Å². The third-order valence-corrected chi connectivity index (χ3v) is 6.20. The van der Waals surface area contributed by atoms with Crippen LogP contribution >= 0.6 is 27.3 Å². The van der Waals surface area contributed by atoms with Crippen LogP contribution in [-0.4, -0.2) is 15.0 Å². The molecule has 0 aliphatic carbocycles. The van der Waals surface area contributed by atoms with Gasteiger partial charge in [0.25, 0.3) is 10.0 Å². The molecule has 0 bridgehead atoms. The molecular formula is C10H10BrNO3S2. The van der Waals surface area contributed by atoms with Gasteiger partial charge in [-0.25, -0.2) is 13.1 Å². The lowest BCUT2D eigenvalue weighted by Crippen LogP contribution is -2.25. The van der Waals surface area contributed by atoms with Crippen molar-refractivity contribution in [3.05, 3.63) is 40.1 Å². The number of hydrogen-bond donors (Lipinski definition) is 1. The molecule has 0 aliphatic rings. The molecule has 1 N–H and O–H groups in total. The van der Waals surface area contributed by atoms with Crippen LogP contribution in [0.25, 0.3) is 0 Å². The standard InChI is InChI=1S/C10H10BrNO3S2/c11-9-4-7-16-10(9)17(13,14)12-5-3-8-2-1-6-15-8/h1-2,4,6-7,12H,3,5H2. The lowest BCUT2D eigenvalue weighted by atomic mass is 10.3. The van der Waals surface area contributed by atoms with Crippen molar-refractivity contribution in [2.75, 3.05) is 6.54 Å². The summed E-state index contributed by atoms with van der Waals surface area (Å²) >= 11 is 4.39. The van der Waals surface area contributed by atoms with Gasteiger partial charge in [-0.2, -0.15) is 0 Å². The van der Waals surface area contributed by atoms with E-state index >= 15 is 0 Å². The average molecular weight is 336 g/mol. The van der Waals surface area contributed by atoms with Gasteiger partial charge in [-0.05, 0) is 39.5 Å². The number of furan rings is 1. The minimum Gasteiger partial charge on any atom is -0.469 e. The monoisotopic (exact) mass is 335 g/mol. The number of halogens is 1. The van der Waals surface area contributed by atoms with Gasteiger partial charge in [-0.15, -0.1) is 11.3 Å². The third kappa shape index (κ3) is 3.19. The van der Waals surface area contributed by atoms with Crippen LogP contribution < -0.4 is 4.72 Å². The maximum absolute atomic E-state index is 11.9. The van der Waals surface area contributed by atoms with E-state index in [9.17, 15) is 8.42 Å². The van der Waals surface area contributed by atoms with Gasteiger partial charge in [0.15, 0.2) is 0 Å². The summed E-state index contributed by atoms with van der Waals surface area (Å²) < 4.78 is 32.3. The summed E-state index contributed by atoms with van der Waals surface area (Å²) in [6.45, 7) is 0.320. The highest BCUT2D eigenvalue weighted by Crippen LogP contribution is 2.27. The highest BCUT2D eigenvalue weighted by Gasteiger charge is 2.18. The Morgan fingerprint density at radius 1 is 1.41 bits per heavy atom. The zero-order valence-electron chi connectivity index (χ0n) is 8.72. The molecule has 0 fully saturated rings. The summed E-state index contributed by atoms with van der Waals surface area (Å²) in [4.78, 5) is 0. The van der Waals surface area contributed by atoms with Crippen LogP contribution in [-0.2, 0) is 16.4 Å². The van der Waals surface area contributed by atoms with E-state index in [1.165, 1.54) is 11.3 Å². The molecule has 0 spiro atoms. The maximum atomic E-state index is 11.9. The van der Waals surface area contributed by atoms with Gasteiger partial charge in [0.05, 0.1) is 6.26 Å². The molecule has 0 amide bonds. The fourth-order valence-electron chi connectivity index (χ4n) is 1.30. The lowest BCUT2D eigenvalue weighted by Gasteiger charge is -2.04. The Bertz CT molecular complexity index is 574. The molecule has 0 aliphatic heterocycles. The first-order valence-corrected chi connectivity index (χ1v) is 8.00. The van der Waals surface area contributed by atoms with Crippen molar-refractivity contribution in [2.24, 2.45) is 0 Å². The molecule has 7 heteroatoms. The largest absolute Gasteiger partial charge is 0.469 e. The van der Waals surface area contributed by atoms with Crippen LogP contribution in [0.15, 0.2) is 42.9 Å². The Labute approximate surface area is 112 Å². The van der Waals surface area contributed by atoms with Gasteiger partial charge in [0.2, 0.25) is 0 Å². The highest BCUT2D eigenvalue weighted by molar-refractivity contribution is 9.10. The first-order valence-electron chi connectivity index (χ1n) is 4.84. The Morgan fingerprint density at radius 2 is 2.24 bits per heavy atom. The highest BCUT2D eigenvalue weighted by atomic mass is 79.9. The molecule has 92 valence electrons. The van der Waals surface area contributed by atoms with Gasteiger partial charge in [-0.3, -0.25) is 0 Å². The van der Waals surface area contributed by atoms with E-state index < -0.39 is 10.0 Å². The van der Waals surface area contributed by atoms with Crippen molar-refractivity contribution < 1.29 is 12.8 Å². The third-order valence-electron chi connectivity index (χ3n) is 2.07. The summed E-state index contributed by atoms with van der Waals surface area (Å²) in [5.74, 6) is 0.762. The molecule has 2 heterocycles. The van der Waals surface area contributed by atoms with Gasteiger partial charge in [0, 0.05) is 17.4 Å². The second kappa shape index (κ2) is 5.34. The van der Waals surface area contributed by atoms with Crippen molar-refractivity contribution in [1.82, 2.24) is 4.72 Å².